The molecular formula is C17H15Cl3N2O6S. The maximum Gasteiger partial charge on any atom is 0.338 e. The highest BCUT2D eigenvalue weighted by molar-refractivity contribution is 7.89. The van der Waals surface area contributed by atoms with Gasteiger partial charge in [-0.15, -0.1) is 0 Å². The van der Waals surface area contributed by atoms with Gasteiger partial charge in [-0.05, 0) is 30.3 Å². The van der Waals surface area contributed by atoms with Crippen LogP contribution in [-0.4, -0.2) is 45.5 Å². The van der Waals surface area contributed by atoms with Crippen LogP contribution in [0.2, 0.25) is 15.1 Å². The molecule has 2 aromatic rings. The van der Waals surface area contributed by atoms with Crippen LogP contribution in [0.3, 0.4) is 0 Å². The molecule has 0 aromatic heterocycles. The predicted molar refractivity (Wildman–Crippen MR) is 109 cm³/mol. The molecular weight excluding hydrogens is 467 g/mol. The van der Waals surface area contributed by atoms with Gasteiger partial charge in [0.15, 0.2) is 6.61 Å². The molecule has 29 heavy (non-hydrogen) atoms. The number of hydrogen-bond donors (Lipinski definition) is 1. The average molecular weight is 482 g/mol. The normalized spacial score (nSPS) is 11.4. The van der Waals surface area contributed by atoms with E-state index in [4.69, 9.17) is 39.5 Å². The molecule has 2 rings (SSSR count). The second-order valence-electron chi connectivity index (χ2n) is 5.50. The molecule has 0 atom stereocenters. The molecule has 8 nitrogen and oxygen atoms in total. The van der Waals surface area contributed by atoms with E-state index in [1.165, 1.54) is 44.5 Å². The number of hydrogen-bond acceptors (Lipinski definition) is 6. The summed E-state index contributed by atoms with van der Waals surface area (Å²) in [6.07, 6.45) is 0. The van der Waals surface area contributed by atoms with Crippen molar-refractivity contribution in [2.45, 2.75) is 4.90 Å². The van der Waals surface area contributed by atoms with Crippen LogP contribution in [0, 0.1) is 0 Å². The van der Waals surface area contributed by atoms with Gasteiger partial charge in [-0.25, -0.2) is 13.2 Å². The van der Waals surface area contributed by atoms with E-state index in [0.29, 0.717) is 4.47 Å². The van der Waals surface area contributed by atoms with Crippen molar-refractivity contribution in [2.75, 3.05) is 26.1 Å². The van der Waals surface area contributed by atoms with E-state index in [1.54, 1.807) is 0 Å². The third-order valence-electron chi connectivity index (χ3n) is 3.58. The van der Waals surface area contributed by atoms with E-state index in [9.17, 15) is 18.0 Å². The van der Waals surface area contributed by atoms with Gasteiger partial charge in [-0.2, -0.15) is 0 Å². The molecule has 0 radical (unpaired) electrons. The van der Waals surface area contributed by atoms with Gasteiger partial charge in [0.25, 0.3) is 15.9 Å². The number of hydroxylamine groups is 1. The lowest BCUT2D eigenvalue weighted by atomic mass is 10.2. The summed E-state index contributed by atoms with van der Waals surface area (Å²) in [5.74, 6) is -1.57. The molecule has 0 saturated heterocycles. The molecule has 2 aromatic carbocycles. The van der Waals surface area contributed by atoms with Gasteiger partial charge < -0.3 is 10.1 Å². The molecule has 0 aliphatic rings. The topological polar surface area (TPSA) is 102 Å². The second-order valence-corrected chi connectivity index (χ2v) is 8.65. The highest BCUT2D eigenvalue weighted by Crippen LogP contribution is 2.32. The fourth-order valence-electron chi connectivity index (χ4n) is 2.05. The van der Waals surface area contributed by atoms with E-state index < -0.39 is 28.5 Å². The van der Waals surface area contributed by atoms with Crippen molar-refractivity contribution in [1.82, 2.24) is 4.47 Å². The number of benzene rings is 2. The minimum absolute atomic E-state index is 0.0593. The first-order valence-electron chi connectivity index (χ1n) is 7.81. The zero-order valence-electron chi connectivity index (χ0n) is 15.1. The summed E-state index contributed by atoms with van der Waals surface area (Å²) in [5, 5.41) is 2.99. The number of amides is 1. The Morgan fingerprint density at radius 2 is 1.72 bits per heavy atom. The minimum atomic E-state index is -3.94. The lowest BCUT2D eigenvalue weighted by Gasteiger charge is -2.14. The van der Waals surface area contributed by atoms with Crippen molar-refractivity contribution in [3.63, 3.8) is 0 Å². The summed E-state index contributed by atoms with van der Waals surface area (Å²) in [5.41, 5.74) is 0.133. The third kappa shape index (κ3) is 5.81. The number of esters is 1. The Kier molecular flexibility index (Phi) is 7.87. The first-order chi connectivity index (χ1) is 13.6. The summed E-state index contributed by atoms with van der Waals surface area (Å²) in [4.78, 5) is 28.7. The van der Waals surface area contributed by atoms with Crippen LogP contribution in [-0.2, 0) is 24.4 Å². The summed E-state index contributed by atoms with van der Waals surface area (Å²) in [7, 11) is -1.55. The smallest absolute Gasteiger partial charge is 0.338 e. The number of nitrogens with zero attached hydrogens (tertiary/aromatic N) is 1. The van der Waals surface area contributed by atoms with Crippen molar-refractivity contribution in [3.05, 3.63) is 57.0 Å². The van der Waals surface area contributed by atoms with Gasteiger partial charge in [0.1, 0.15) is 0 Å². The molecule has 12 heteroatoms. The quantitative estimate of drug-likeness (QED) is 0.368. The Balaban J connectivity index is 2.05. The molecule has 1 N–H and O–H groups in total. The van der Waals surface area contributed by atoms with Crippen LogP contribution in [0.1, 0.15) is 10.4 Å². The van der Waals surface area contributed by atoms with Crippen molar-refractivity contribution in [3.8, 4) is 0 Å². The van der Waals surface area contributed by atoms with Crippen LogP contribution in [0.5, 0.6) is 0 Å². The third-order valence-corrected chi connectivity index (χ3v) is 6.29. The predicted octanol–water partition coefficient (Wildman–Crippen LogP) is 3.62. The fourth-order valence-corrected chi connectivity index (χ4v) is 3.66. The highest BCUT2D eigenvalue weighted by Gasteiger charge is 2.22. The average Bonchev–Trinajstić information content (AvgIpc) is 2.69. The summed E-state index contributed by atoms with van der Waals surface area (Å²) in [6.45, 7) is -0.635. The standard InChI is InChI=1S/C17H15Cl3N2O6S/c1-22(27-2)29(25,26)11-5-3-4-10(6-11)17(24)28-9-16(23)21-15-8-13(19)12(18)7-14(15)20/h3-8H,9H2,1-2H3,(H,21,23). The van der Waals surface area contributed by atoms with Crippen LogP contribution in [0.25, 0.3) is 0 Å². The SMILES string of the molecule is CON(C)S(=O)(=O)c1cccc(C(=O)OCC(=O)Nc2cc(Cl)c(Cl)cc2Cl)c1. The summed E-state index contributed by atoms with van der Waals surface area (Å²) < 4.78 is 30.0. The lowest BCUT2D eigenvalue weighted by molar-refractivity contribution is -0.119. The number of rotatable bonds is 7. The number of anilines is 1. The van der Waals surface area contributed by atoms with E-state index in [2.05, 4.69) is 10.2 Å². The first-order valence-corrected chi connectivity index (χ1v) is 10.4. The first kappa shape index (κ1) is 23.4. The number of halogens is 3. The summed E-state index contributed by atoms with van der Waals surface area (Å²) in [6, 6.07) is 7.83. The van der Waals surface area contributed by atoms with Crippen molar-refractivity contribution < 1.29 is 27.6 Å². The largest absolute Gasteiger partial charge is 0.452 e. The van der Waals surface area contributed by atoms with E-state index in [0.717, 1.165) is 6.07 Å². The Hall–Kier alpha value is -1.88. The van der Waals surface area contributed by atoms with Crippen LogP contribution in [0.15, 0.2) is 41.3 Å². The van der Waals surface area contributed by atoms with Gasteiger partial charge >= 0.3 is 5.97 Å². The molecule has 0 bridgehead atoms. The number of carbonyl (C=O) groups excluding carboxylic acids is 2. The monoisotopic (exact) mass is 480 g/mol. The number of sulfonamides is 1. The van der Waals surface area contributed by atoms with Crippen LogP contribution >= 0.6 is 34.8 Å². The van der Waals surface area contributed by atoms with E-state index in [-0.39, 0.29) is 31.2 Å². The van der Waals surface area contributed by atoms with Crippen LogP contribution in [0.4, 0.5) is 5.69 Å². The second kappa shape index (κ2) is 9.75. The van der Waals surface area contributed by atoms with Crippen molar-refractivity contribution in [2.24, 2.45) is 0 Å². The Labute approximate surface area is 182 Å². The Morgan fingerprint density at radius 3 is 2.38 bits per heavy atom. The molecule has 0 heterocycles. The van der Waals surface area contributed by atoms with E-state index >= 15 is 0 Å². The molecule has 0 unspecified atom stereocenters. The summed E-state index contributed by atoms with van der Waals surface area (Å²) >= 11 is 17.7. The maximum atomic E-state index is 12.2. The molecule has 0 saturated carbocycles. The van der Waals surface area contributed by atoms with Gasteiger partial charge in [0, 0.05) is 7.05 Å². The van der Waals surface area contributed by atoms with Crippen molar-refractivity contribution >= 4 is 62.4 Å². The molecule has 1 amide bonds. The van der Waals surface area contributed by atoms with Crippen LogP contribution < -0.4 is 5.32 Å². The fraction of sp³-hybridized carbons (Fsp3) is 0.176. The lowest BCUT2D eigenvalue weighted by Crippen LogP contribution is -2.26. The van der Waals surface area contributed by atoms with E-state index in [1.807, 2.05) is 0 Å². The van der Waals surface area contributed by atoms with Crippen molar-refractivity contribution in [1.29, 1.82) is 0 Å². The molecule has 0 spiro atoms. The zero-order valence-corrected chi connectivity index (χ0v) is 18.2. The Bertz CT molecular complexity index is 1050. The number of carbonyl (C=O) groups is 2. The zero-order chi connectivity index (χ0) is 21.8. The Morgan fingerprint density at radius 1 is 1.07 bits per heavy atom. The highest BCUT2D eigenvalue weighted by atomic mass is 35.5. The minimum Gasteiger partial charge on any atom is -0.452 e. The molecule has 0 fully saturated rings. The molecule has 0 aliphatic heterocycles. The molecule has 0 aliphatic carbocycles. The van der Waals surface area contributed by atoms with Gasteiger partial charge in [-0.3, -0.25) is 9.63 Å². The molecule has 156 valence electrons. The van der Waals surface area contributed by atoms with Gasteiger partial charge in [-0.1, -0.05) is 45.3 Å². The number of nitrogens with one attached hydrogen (secondary N) is 1. The maximum absolute atomic E-state index is 12.2. The van der Waals surface area contributed by atoms with Gasteiger partial charge in [0.2, 0.25) is 0 Å². The number of ether oxygens (including phenoxy) is 1. The van der Waals surface area contributed by atoms with Gasteiger partial charge in [0.05, 0.1) is 38.3 Å².